The van der Waals surface area contributed by atoms with Crippen LogP contribution in [0.4, 0.5) is 0 Å². The van der Waals surface area contributed by atoms with Crippen LogP contribution in [0.25, 0.3) is 0 Å². The van der Waals surface area contributed by atoms with E-state index in [4.69, 9.17) is 9.47 Å². The lowest BCUT2D eigenvalue weighted by Crippen LogP contribution is -2.29. The number of sulfonamides is 1. The maximum Gasteiger partial charge on any atom is 0.231 e. The SMILES string of the molecule is O=S(=O)(NCC[C@H](O)c1ccc2c(c1)OCO2)C1CC1. The summed E-state index contributed by atoms with van der Waals surface area (Å²) in [5.74, 6) is 1.27. The van der Waals surface area contributed by atoms with Crippen LogP contribution in [0.3, 0.4) is 0 Å². The number of ether oxygens (including phenoxy) is 2. The number of benzene rings is 1. The van der Waals surface area contributed by atoms with Gasteiger partial charge >= 0.3 is 0 Å². The second kappa shape index (κ2) is 5.23. The minimum Gasteiger partial charge on any atom is -0.454 e. The van der Waals surface area contributed by atoms with Crippen LogP contribution in [-0.4, -0.2) is 32.1 Å². The summed E-state index contributed by atoms with van der Waals surface area (Å²) < 4.78 is 36.2. The lowest BCUT2D eigenvalue weighted by Gasteiger charge is -2.12. The Bertz CT molecular complexity index is 597. The zero-order chi connectivity index (χ0) is 14.2. The van der Waals surface area contributed by atoms with Gasteiger partial charge in [-0.1, -0.05) is 6.07 Å². The molecule has 0 aromatic heterocycles. The second-order valence-electron chi connectivity index (χ2n) is 5.06. The van der Waals surface area contributed by atoms with Gasteiger partial charge in [-0.05, 0) is 37.0 Å². The highest BCUT2D eigenvalue weighted by Crippen LogP contribution is 2.34. The Labute approximate surface area is 117 Å². The first-order chi connectivity index (χ1) is 9.56. The maximum absolute atomic E-state index is 11.6. The van der Waals surface area contributed by atoms with Gasteiger partial charge in [0.05, 0.1) is 11.4 Å². The number of aliphatic hydroxyl groups excluding tert-OH is 1. The van der Waals surface area contributed by atoms with Crippen LogP contribution in [0.2, 0.25) is 0 Å². The van der Waals surface area contributed by atoms with E-state index in [1.165, 1.54) is 0 Å². The average molecular weight is 299 g/mol. The third-order valence-electron chi connectivity index (χ3n) is 3.47. The Morgan fingerprint density at radius 3 is 2.80 bits per heavy atom. The van der Waals surface area contributed by atoms with Crippen LogP contribution in [0, 0.1) is 0 Å². The van der Waals surface area contributed by atoms with E-state index in [1.54, 1.807) is 18.2 Å². The highest BCUT2D eigenvalue weighted by molar-refractivity contribution is 7.90. The summed E-state index contributed by atoms with van der Waals surface area (Å²) in [5.41, 5.74) is 0.694. The summed E-state index contributed by atoms with van der Waals surface area (Å²) in [6, 6.07) is 5.23. The van der Waals surface area contributed by atoms with Crippen molar-refractivity contribution < 1.29 is 23.0 Å². The highest BCUT2D eigenvalue weighted by Gasteiger charge is 2.35. The maximum atomic E-state index is 11.6. The standard InChI is InChI=1S/C13H17NO5S/c15-11(5-6-14-20(16,17)10-2-3-10)9-1-4-12-13(7-9)19-8-18-12/h1,4,7,10-11,14-15H,2-3,5-6,8H2/t11-/m0/s1. The van der Waals surface area contributed by atoms with Crippen molar-refractivity contribution in [3.63, 3.8) is 0 Å². The van der Waals surface area contributed by atoms with E-state index >= 15 is 0 Å². The van der Waals surface area contributed by atoms with Gasteiger partial charge in [-0.25, -0.2) is 13.1 Å². The minimum absolute atomic E-state index is 0.191. The van der Waals surface area contributed by atoms with E-state index in [2.05, 4.69) is 4.72 Å². The quantitative estimate of drug-likeness (QED) is 0.816. The number of nitrogens with one attached hydrogen (secondary N) is 1. The number of hydrogen-bond donors (Lipinski definition) is 2. The molecule has 1 aliphatic heterocycles. The van der Waals surface area contributed by atoms with E-state index in [9.17, 15) is 13.5 Å². The van der Waals surface area contributed by atoms with Crippen LogP contribution in [0.5, 0.6) is 11.5 Å². The fraction of sp³-hybridized carbons (Fsp3) is 0.538. The summed E-state index contributed by atoms with van der Waals surface area (Å²) in [6.07, 6.45) is 1.07. The molecule has 1 aromatic carbocycles. The van der Waals surface area contributed by atoms with E-state index in [0.29, 0.717) is 23.5 Å². The molecule has 2 N–H and O–H groups in total. The van der Waals surface area contributed by atoms with Gasteiger partial charge in [0.25, 0.3) is 0 Å². The van der Waals surface area contributed by atoms with Crippen molar-refractivity contribution in [2.24, 2.45) is 0 Å². The fourth-order valence-corrected chi connectivity index (χ4v) is 3.52. The van der Waals surface area contributed by atoms with Crippen molar-refractivity contribution in [2.75, 3.05) is 13.3 Å². The van der Waals surface area contributed by atoms with Crippen molar-refractivity contribution >= 4 is 10.0 Å². The monoisotopic (exact) mass is 299 g/mol. The summed E-state index contributed by atoms with van der Waals surface area (Å²) in [6.45, 7) is 0.421. The van der Waals surface area contributed by atoms with Crippen LogP contribution in [0.15, 0.2) is 18.2 Å². The molecule has 110 valence electrons. The summed E-state index contributed by atoms with van der Waals surface area (Å²) in [7, 11) is -3.18. The molecule has 1 aromatic rings. The van der Waals surface area contributed by atoms with Crippen molar-refractivity contribution in [3.05, 3.63) is 23.8 Å². The number of rotatable bonds is 6. The molecule has 2 aliphatic rings. The fourth-order valence-electron chi connectivity index (χ4n) is 2.12. The first kappa shape index (κ1) is 13.7. The molecular formula is C13H17NO5S. The molecule has 20 heavy (non-hydrogen) atoms. The Kier molecular flexibility index (Phi) is 3.57. The van der Waals surface area contributed by atoms with Crippen molar-refractivity contribution in [1.82, 2.24) is 4.72 Å². The molecule has 1 saturated carbocycles. The molecule has 6 nitrogen and oxygen atoms in total. The van der Waals surface area contributed by atoms with E-state index in [-0.39, 0.29) is 18.6 Å². The predicted octanol–water partition coefficient (Wildman–Crippen LogP) is 0.921. The van der Waals surface area contributed by atoms with Gasteiger partial charge < -0.3 is 14.6 Å². The smallest absolute Gasteiger partial charge is 0.231 e. The van der Waals surface area contributed by atoms with Crippen LogP contribution in [0.1, 0.15) is 30.9 Å². The molecule has 0 unspecified atom stereocenters. The Morgan fingerprint density at radius 2 is 2.05 bits per heavy atom. The van der Waals surface area contributed by atoms with Gasteiger partial charge in [-0.3, -0.25) is 0 Å². The van der Waals surface area contributed by atoms with E-state index in [0.717, 1.165) is 12.8 Å². The summed E-state index contributed by atoms with van der Waals surface area (Å²) in [5, 5.41) is 9.84. The number of aliphatic hydroxyl groups is 1. The molecule has 3 rings (SSSR count). The largest absolute Gasteiger partial charge is 0.454 e. The first-order valence-electron chi connectivity index (χ1n) is 6.62. The highest BCUT2D eigenvalue weighted by atomic mass is 32.2. The Morgan fingerprint density at radius 1 is 1.30 bits per heavy atom. The number of hydrogen-bond acceptors (Lipinski definition) is 5. The minimum atomic E-state index is -3.18. The van der Waals surface area contributed by atoms with Crippen LogP contribution >= 0.6 is 0 Å². The molecule has 1 fully saturated rings. The molecule has 1 aliphatic carbocycles. The van der Waals surface area contributed by atoms with Crippen LogP contribution < -0.4 is 14.2 Å². The zero-order valence-electron chi connectivity index (χ0n) is 10.9. The topological polar surface area (TPSA) is 84.9 Å². The van der Waals surface area contributed by atoms with Gasteiger partial charge in [0.2, 0.25) is 16.8 Å². The first-order valence-corrected chi connectivity index (χ1v) is 8.17. The van der Waals surface area contributed by atoms with Crippen molar-refractivity contribution in [2.45, 2.75) is 30.6 Å². The lowest BCUT2D eigenvalue weighted by atomic mass is 10.1. The normalized spacial score (nSPS) is 19.1. The zero-order valence-corrected chi connectivity index (χ0v) is 11.7. The molecule has 0 amide bonds. The summed E-state index contributed by atoms with van der Waals surface area (Å²) in [4.78, 5) is 0. The molecule has 0 bridgehead atoms. The molecule has 1 atom stereocenters. The third kappa shape index (κ3) is 2.89. The molecular weight excluding hydrogens is 282 g/mol. The Hall–Kier alpha value is -1.31. The van der Waals surface area contributed by atoms with E-state index in [1.807, 2.05) is 0 Å². The van der Waals surface area contributed by atoms with Gasteiger partial charge in [-0.2, -0.15) is 0 Å². The van der Waals surface area contributed by atoms with Crippen molar-refractivity contribution in [1.29, 1.82) is 0 Å². The lowest BCUT2D eigenvalue weighted by molar-refractivity contribution is 0.166. The van der Waals surface area contributed by atoms with Crippen LogP contribution in [-0.2, 0) is 10.0 Å². The summed E-state index contributed by atoms with van der Waals surface area (Å²) >= 11 is 0. The second-order valence-corrected chi connectivity index (χ2v) is 7.10. The molecule has 0 spiro atoms. The van der Waals surface area contributed by atoms with E-state index < -0.39 is 16.1 Å². The predicted molar refractivity (Wildman–Crippen MR) is 72.1 cm³/mol. The van der Waals surface area contributed by atoms with Gasteiger partial charge in [0, 0.05) is 6.54 Å². The van der Waals surface area contributed by atoms with Gasteiger partial charge in [0.15, 0.2) is 11.5 Å². The third-order valence-corrected chi connectivity index (χ3v) is 5.42. The van der Waals surface area contributed by atoms with Gasteiger partial charge in [-0.15, -0.1) is 0 Å². The van der Waals surface area contributed by atoms with Crippen molar-refractivity contribution in [3.8, 4) is 11.5 Å². The Balaban J connectivity index is 1.55. The number of fused-ring (bicyclic) bond motifs is 1. The molecule has 1 heterocycles. The van der Waals surface area contributed by atoms with Gasteiger partial charge in [0.1, 0.15) is 0 Å². The molecule has 0 radical (unpaired) electrons. The molecule has 7 heteroatoms. The molecule has 0 saturated heterocycles. The average Bonchev–Trinajstić information content (AvgIpc) is 3.17.